The van der Waals surface area contributed by atoms with Crippen molar-refractivity contribution in [2.75, 3.05) is 0 Å². The van der Waals surface area contributed by atoms with Crippen LogP contribution in [0.25, 0.3) is 11.2 Å². The Bertz CT molecular complexity index is 1110. The summed E-state index contributed by atoms with van der Waals surface area (Å²) in [5, 5.41) is 0. The van der Waals surface area contributed by atoms with Gasteiger partial charge in [0.2, 0.25) is 0 Å². The summed E-state index contributed by atoms with van der Waals surface area (Å²) < 4.78 is 32.1. The average molecular weight is 332 g/mol. The van der Waals surface area contributed by atoms with E-state index in [1.807, 2.05) is 0 Å². The van der Waals surface area contributed by atoms with E-state index >= 15 is 0 Å². The highest BCUT2D eigenvalue weighted by molar-refractivity contribution is 5.70. The number of aryl methyl sites for hydroxylation is 1. The van der Waals surface area contributed by atoms with Gasteiger partial charge in [0, 0.05) is 19.7 Å². The highest BCUT2D eigenvalue weighted by atomic mass is 19.1. The molecular weight excluding hydrogens is 318 g/mol. The first-order chi connectivity index (χ1) is 11.4. The molecule has 0 radical (unpaired) electrons. The summed E-state index contributed by atoms with van der Waals surface area (Å²) in [6, 6.07) is 1.69. The Labute approximate surface area is 134 Å². The number of halogens is 2. The SMILES string of the molecule is Cn1c(=O)c2c(ncn2C2CCc3c(F)ccc(F)c32)n(C)c1=O. The van der Waals surface area contributed by atoms with Gasteiger partial charge in [-0.3, -0.25) is 13.9 Å². The second kappa shape index (κ2) is 4.86. The van der Waals surface area contributed by atoms with Crippen LogP contribution in [0.1, 0.15) is 23.6 Å². The fourth-order valence-electron chi connectivity index (χ4n) is 3.53. The number of hydrogen-bond acceptors (Lipinski definition) is 3. The summed E-state index contributed by atoms with van der Waals surface area (Å²) in [5.41, 5.74) is 0.0424. The van der Waals surface area contributed by atoms with Crippen LogP contribution in [-0.4, -0.2) is 18.7 Å². The van der Waals surface area contributed by atoms with Gasteiger partial charge in [-0.25, -0.2) is 18.6 Å². The molecule has 0 amide bonds. The molecule has 0 saturated heterocycles. The molecule has 0 N–H and O–H groups in total. The second-order valence-corrected chi connectivity index (χ2v) is 6.01. The van der Waals surface area contributed by atoms with Crippen molar-refractivity contribution in [3.63, 3.8) is 0 Å². The third-order valence-corrected chi connectivity index (χ3v) is 4.76. The van der Waals surface area contributed by atoms with Crippen LogP contribution in [0.2, 0.25) is 0 Å². The molecule has 124 valence electrons. The van der Waals surface area contributed by atoms with Crippen molar-refractivity contribution in [3.8, 4) is 0 Å². The Balaban J connectivity index is 2.04. The molecule has 1 atom stereocenters. The third-order valence-electron chi connectivity index (χ3n) is 4.76. The van der Waals surface area contributed by atoms with Gasteiger partial charge in [-0.15, -0.1) is 0 Å². The predicted octanol–water partition coefficient (Wildman–Crippen LogP) is 1.25. The largest absolute Gasteiger partial charge is 0.332 e. The Morgan fingerprint density at radius 3 is 2.58 bits per heavy atom. The molecular formula is C16H14F2N4O2. The van der Waals surface area contributed by atoms with Crippen LogP contribution in [0.3, 0.4) is 0 Å². The van der Waals surface area contributed by atoms with E-state index in [9.17, 15) is 18.4 Å². The lowest BCUT2D eigenvalue weighted by Crippen LogP contribution is -2.37. The van der Waals surface area contributed by atoms with E-state index in [2.05, 4.69) is 4.98 Å². The van der Waals surface area contributed by atoms with Gasteiger partial charge in [0.05, 0.1) is 12.4 Å². The number of aromatic nitrogens is 4. The van der Waals surface area contributed by atoms with Crippen molar-refractivity contribution < 1.29 is 8.78 Å². The highest BCUT2D eigenvalue weighted by Gasteiger charge is 2.31. The molecule has 4 rings (SSSR count). The number of hydrogen-bond donors (Lipinski definition) is 0. The summed E-state index contributed by atoms with van der Waals surface area (Å²) in [6.45, 7) is 0. The molecule has 0 fully saturated rings. The minimum Gasteiger partial charge on any atom is -0.317 e. The van der Waals surface area contributed by atoms with Crippen LogP contribution < -0.4 is 11.2 Å². The molecule has 1 aromatic carbocycles. The smallest absolute Gasteiger partial charge is 0.317 e. The molecule has 3 aromatic rings. The van der Waals surface area contributed by atoms with E-state index in [1.54, 1.807) is 4.57 Å². The average Bonchev–Trinajstić information content (AvgIpc) is 3.18. The topological polar surface area (TPSA) is 61.8 Å². The first kappa shape index (κ1) is 14.8. The Hall–Kier alpha value is -2.77. The lowest BCUT2D eigenvalue weighted by molar-refractivity contribution is 0.540. The first-order valence-electron chi connectivity index (χ1n) is 7.51. The molecule has 1 unspecified atom stereocenters. The Kier molecular flexibility index (Phi) is 3.00. The normalized spacial score (nSPS) is 16.8. The highest BCUT2D eigenvalue weighted by Crippen LogP contribution is 2.38. The number of benzene rings is 1. The van der Waals surface area contributed by atoms with Crippen molar-refractivity contribution in [1.29, 1.82) is 0 Å². The van der Waals surface area contributed by atoms with Crippen molar-refractivity contribution in [2.24, 2.45) is 14.1 Å². The van der Waals surface area contributed by atoms with E-state index < -0.39 is 28.9 Å². The van der Waals surface area contributed by atoms with Crippen LogP contribution >= 0.6 is 0 Å². The molecule has 24 heavy (non-hydrogen) atoms. The maximum atomic E-state index is 14.3. The molecule has 0 spiro atoms. The predicted molar refractivity (Wildman–Crippen MR) is 83.0 cm³/mol. The van der Waals surface area contributed by atoms with Crippen molar-refractivity contribution >= 4 is 11.2 Å². The van der Waals surface area contributed by atoms with E-state index in [0.29, 0.717) is 18.4 Å². The monoisotopic (exact) mass is 332 g/mol. The minimum atomic E-state index is -0.522. The number of fused-ring (bicyclic) bond motifs is 2. The molecule has 8 heteroatoms. The summed E-state index contributed by atoms with van der Waals surface area (Å²) in [6.07, 6.45) is 2.26. The van der Waals surface area contributed by atoms with Crippen molar-refractivity contribution in [3.05, 3.63) is 62.1 Å². The van der Waals surface area contributed by atoms with Gasteiger partial charge in [0.1, 0.15) is 11.6 Å². The summed E-state index contributed by atoms with van der Waals surface area (Å²) in [4.78, 5) is 28.7. The molecule has 1 aliphatic carbocycles. The third kappa shape index (κ3) is 1.76. The van der Waals surface area contributed by atoms with Crippen molar-refractivity contribution in [1.82, 2.24) is 18.7 Å². The Morgan fingerprint density at radius 1 is 1.12 bits per heavy atom. The number of imidazole rings is 1. The zero-order valence-electron chi connectivity index (χ0n) is 13.1. The zero-order chi connectivity index (χ0) is 17.2. The number of nitrogens with zero attached hydrogens (tertiary/aromatic N) is 4. The van der Waals surface area contributed by atoms with E-state index in [0.717, 1.165) is 16.7 Å². The number of rotatable bonds is 1. The quantitative estimate of drug-likeness (QED) is 0.674. The summed E-state index contributed by atoms with van der Waals surface area (Å²) >= 11 is 0. The molecule has 2 aromatic heterocycles. The van der Waals surface area contributed by atoms with Crippen LogP contribution in [0.5, 0.6) is 0 Å². The molecule has 0 aliphatic heterocycles. The van der Waals surface area contributed by atoms with E-state index in [-0.39, 0.29) is 16.7 Å². The summed E-state index contributed by atoms with van der Waals surface area (Å²) in [5.74, 6) is -0.948. The van der Waals surface area contributed by atoms with Crippen LogP contribution in [0, 0.1) is 11.6 Å². The van der Waals surface area contributed by atoms with Gasteiger partial charge in [-0.1, -0.05) is 0 Å². The fraction of sp³-hybridized carbons (Fsp3) is 0.312. The minimum absolute atomic E-state index is 0.209. The molecule has 1 aliphatic rings. The Morgan fingerprint density at radius 2 is 1.83 bits per heavy atom. The van der Waals surface area contributed by atoms with Gasteiger partial charge >= 0.3 is 5.69 Å². The van der Waals surface area contributed by atoms with Crippen LogP contribution in [0.4, 0.5) is 8.78 Å². The zero-order valence-corrected chi connectivity index (χ0v) is 13.1. The van der Waals surface area contributed by atoms with Gasteiger partial charge in [-0.05, 0) is 30.5 Å². The van der Waals surface area contributed by atoms with E-state index in [4.69, 9.17) is 0 Å². The van der Waals surface area contributed by atoms with Gasteiger partial charge < -0.3 is 4.57 Å². The van der Waals surface area contributed by atoms with E-state index in [1.165, 1.54) is 25.0 Å². The maximum absolute atomic E-state index is 14.3. The lowest BCUT2D eigenvalue weighted by atomic mass is 10.1. The van der Waals surface area contributed by atoms with Crippen LogP contribution in [-0.2, 0) is 20.5 Å². The first-order valence-corrected chi connectivity index (χ1v) is 7.51. The van der Waals surface area contributed by atoms with Gasteiger partial charge in [0.15, 0.2) is 11.2 Å². The molecule has 2 heterocycles. The van der Waals surface area contributed by atoms with Gasteiger partial charge in [-0.2, -0.15) is 0 Å². The van der Waals surface area contributed by atoms with Gasteiger partial charge in [0.25, 0.3) is 5.56 Å². The van der Waals surface area contributed by atoms with Crippen LogP contribution in [0.15, 0.2) is 28.0 Å². The lowest BCUT2D eigenvalue weighted by Gasteiger charge is -2.15. The van der Waals surface area contributed by atoms with Crippen molar-refractivity contribution in [2.45, 2.75) is 18.9 Å². The molecule has 6 nitrogen and oxygen atoms in total. The summed E-state index contributed by atoms with van der Waals surface area (Å²) in [7, 11) is 2.90. The second-order valence-electron chi connectivity index (χ2n) is 6.01. The molecule has 0 bridgehead atoms. The molecule has 0 saturated carbocycles. The maximum Gasteiger partial charge on any atom is 0.332 e. The standard InChI is InChI=1S/C16H14F2N4O2/c1-20-14-13(15(23)21(2)16(20)24)22(7-19-14)11-6-3-8-9(17)4-5-10(18)12(8)11/h4-5,7,11H,3,6H2,1-2H3. The fourth-order valence-corrected chi connectivity index (χ4v) is 3.53.